The Bertz CT molecular complexity index is 551. The number of hydrogen-bond donors (Lipinski definition) is 0. The highest BCUT2D eigenvalue weighted by Gasteiger charge is 2.37. The molecule has 0 N–H and O–H groups in total. The van der Waals surface area contributed by atoms with Crippen LogP contribution in [0.1, 0.15) is 0 Å². The van der Waals surface area contributed by atoms with Crippen molar-refractivity contribution < 1.29 is 19.0 Å². The number of para-hydroxylation sites is 2. The molecular formula is C17H24N2O4. The molecule has 23 heavy (non-hydrogen) atoms. The van der Waals surface area contributed by atoms with E-state index in [0.29, 0.717) is 24.0 Å². The van der Waals surface area contributed by atoms with Crippen LogP contribution in [0.2, 0.25) is 0 Å². The summed E-state index contributed by atoms with van der Waals surface area (Å²) in [5.41, 5.74) is 0. The number of carbonyl (C=O) groups excluding carboxylic acids is 1. The molecule has 2 aliphatic rings. The lowest BCUT2D eigenvalue weighted by Crippen LogP contribution is -2.35. The molecule has 0 aliphatic carbocycles. The van der Waals surface area contributed by atoms with Crippen molar-refractivity contribution >= 4 is 5.91 Å². The van der Waals surface area contributed by atoms with Crippen molar-refractivity contribution in [1.82, 2.24) is 9.80 Å². The first-order chi connectivity index (χ1) is 11.2. The Labute approximate surface area is 136 Å². The van der Waals surface area contributed by atoms with Crippen LogP contribution in [0.3, 0.4) is 0 Å². The van der Waals surface area contributed by atoms with Crippen molar-refractivity contribution in [2.75, 3.05) is 53.6 Å². The average Bonchev–Trinajstić information content (AvgIpc) is 2.87. The third-order valence-corrected chi connectivity index (χ3v) is 4.51. The topological polar surface area (TPSA) is 51.2 Å². The van der Waals surface area contributed by atoms with Crippen molar-refractivity contribution in [3.63, 3.8) is 0 Å². The summed E-state index contributed by atoms with van der Waals surface area (Å²) in [6, 6.07) is 7.35. The number of methoxy groups -OCH3 is 1. The van der Waals surface area contributed by atoms with Gasteiger partial charge in [0.05, 0.1) is 19.8 Å². The Balaban J connectivity index is 1.55. The molecule has 0 spiro atoms. The second-order valence-electron chi connectivity index (χ2n) is 6.17. The number of amides is 1. The molecule has 2 saturated heterocycles. The average molecular weight is 320 g/mol. The lowest BCUT2D eigenvalue weighted by Gasteiger charge is -2.19. The summed E-state index contributed by atoms with van der Waals surface area (Å²) in [6.07, 6.45) is 0.148. The monoisotopic (exact) mass is 320 g/mol. The zero-order valence-electron chi connectivity index (χ0n) is 13.7. The molecule has 1 aromatic carbocycles. The van der Waals surface area contributed by atoms with Gasteiger partial charge in [-0.05, 0) is 19.2 Å². The maximum atomic E-state index is 12.4. The molecule has 6 nitrogen and oxygen atoms in total. The van der Waals surface area contributed by atoms with Crippen molar-refractivity contribution in [2.24, 2.45) is 5.92 Å². The van der Waals surface area contributed by atoms with Gasteiger partial charge in [0.15, 0.2) is 18.1 Å². The highest BCUT2D eigenvalue weighted by Crippen LogP contribution is 2.27. The molecule has 2 fully saturated rings. The fourth-order valence-corrected chi connectivity index (χ4v) is 3.23. The molecule has 0 bridgehead atoms. The van der Waals surface area contributed by atoms with Gasteiger partial charge in [-0.1, -0.05) is 12.1 Å². The number of ether oxygens (including phenoxy) is 3. The number of benzene rings is 1. The number of rotatable bonds is 4. The van der Waals surface area contributed by atoms with Crippen LogP contribution in [-0.4, -0.2) is 75.4 Å². The Hall–Kier alpha value is -1.79. The minimum absolute atomic E-state index is 0.00441. The van der Waals surface area contributed by atoms with Crippen LogP contribution in [0.5, 0.6) is 11.5 Å². The van der Waals surface area contributed by atoms with Gasteiger partial charge in [0.2, 0.25) is 0 Å². The number of carbonyl (C=O) groups is 1. The van der Waals surface area contributed by atoms with Crippen molar-refractivity contribution in [2.45, 2.75) is 6.10 Å². The highest BCUT2D eigenvalue weighted by atomic mass is 16.5. The third-order valence-electron chi connectivity index (χ3n) is 4.51. The first-order valence-electron chi connectivity index (χ1n) is 8.01. The molecular weight excluding hydrogens is 296 g/mol. The number of nitrogens with zero attached hydrogens (tertiary/aromatic N) is 2. The molecule has 2 aliphatic heterocycles. The van der Waals surface area contributed by atoms with E-state index in [-0.39, 0.29) is 18.6 Å². The van der Waals surface area contributed by atoms with Crippen LogP contribution in [0.15, 0.2) is 24.3 Å². The summed E-state index contributed by atoms with van der Waals surface area (Å²) >= 11 is 0. The van der Waals surface area contributed by atoms with Gasteiger partial charge in [0.1, 0.15) is 0 Å². The third kappa shape index (κ3) is 3.76. The van der Waals surface area contributed by atoms with Crippen molar-refractivity contribution in [3.8, 4) is 11.5 Å². The lowest BCUT2D eigenvalue weighted by atomic mass is 10.1. The van der Waals surface area contributed by atoms with Crippen molar-refractivity contribution in [3.05, 3.63) is 24.3 Å². The number of fused-ring (bicyclic) bond motifs is 1. The van der Waals surface area contributed by atoms with E-state index in [1.165, 1.54) is 0 Å². The van der Waals surface area contributed by atoms with Gasteiger partial charge in [-0.3, -0.25) is 4.79 Å². The molecule has 6 heteroatoms. The molecule has 3 rings (SSSR count). The Morgan fingerprint density at radius 2 is 2.04 bits per heavy atom. The molecule has 0 aromatic heterocycles. The first kappa shape index (κ1) is 16.1. The fraction of sp³-hybridized carbons (Fsp3) is 0.588. The van der Waals surface area contributed by atoms with E-state index < -0.39 is 0 Å². The molecule has 0 unspecified atom stereocenters. The number of likely N-dealkylation sites (N-methyl/N-ethyl adjacent to an activating group) is 1. The van der Waals surface area contributed by atoms with E-state index >= 15 is 0 Å². The summed E-state index contributed by atoms with van der Waals surface area (Å²) in [4.78, 5) is 16.5. The van der Waals surface area contributed by atoms with E-state index in [4.69, 9.17) is 14.2 Å². The smallest absolute Gasteiger partial charge is 0.260 e. The summed E-state index contributed by atoms with van der Waals surface area (Å²) in [6.45, 7) is 4.09. The molecule has 1 amide bonds. The minimum Gasteiger partial charge on any atom is -0.493 e. The lowest BCUT2D eigenvalue weighted by molar-refractivity contribution is -0.132. The first-order valence-corrected chi connectivity index (χ1v) is 8.01. The van der Waals surface area contributed by atoms with Crippen LogP contribution < -0.4 is 9.47 Å². The SMILES string of the molecule is COc1ccccc1OCC(=O)N1C[C@H]2CN(C)CCO[C@H]2C1. The summed E-state index contributed by atoms with van der Waals surface area (Å²) in [5.74, 6) is 1.61. The van der Waals surface area contributed by atoms with Gasteiger partial charge < -0.3 is 24.0 Å². The normalized spacial score (nSPS) is 24.9. The molecule has 1 aromatic rings. The summed E-state index contributed by atoms with van der Waals surface area (Å²) < 4.78 is 16.7. The van der Waals surface area contributed by atoms with Crippen molar-refractivity contribution in [1.29, 1.82) is 0 Å². The van der Waals surface area contributed by atoms with Gasteiger partial charge in [-0.15, -0.1) is 0 Å². The number of hydrogen-bond acceptors (Lipinski definition) is 5. The Morgan fingerprint density at radius 3 is 2.83 bits per heavy atom. The minimum atomic E-state index is -0.00441. The maximum absolute atomic E-state index is 12.4. The zero-order chi connectivity index (χ0) is 16.2. The summed E-state index contributed by atoms with van der Waals surface area (Å²) in [5, 5.41) is 0. The van der Waals surface area contributed by atoms with E-state index in [9.17, 15) is 4.79 Å². The van der Waals surface area contributed by atoms with Crippen LogP contribution in [-0.2, 0) is 9.53 Å². The molecule has 126 valence electrons. The van der Waals surface area contributed by atoms with Crippen LogP contribution in [0, 0.1) is 5.92 Å². The maximum Gasteiger partial charge on any atom is 0.260 e. The van der Waals surface area contributed by atoms with Gasteiger partial charge >= 0.3 is 0 Å². The standard InChI is InChI=1S/C17H24N2O4/c1-18-7-8-22-16-11-19(10-13(16)9-18)17(20)12-23-15-6-4-3-5-14(15)21-2/h3-6,13,16H,7-12H2,1-2H3/t13-,16+/m1/s1. The predicted octanol–water partition coefficient (Wildman–Crippen LogP) is 0.863. The van der Waals surface area contributed by atoms with E-state index in [2.05, 4.69) is 11.9 Å². The van der Waals surface area contributed by atoms with E-state index in [0.717, 1.165) is 26.2 Å². The Kier molecular flexibility index (Phi) is 5.03. The van der Waals surface area contributed by atoms with Crippen LogP contribution >= 0.6 is 0 Å². The molecule has 0 radical (unpaired) electrons. The highest BCUT2D eigenvalue weighted by molar-refractivity contribution is 5.78. The second kappa shape index (κ2) is 7.19. The van der Waals surface area contributed by atoms with Gasteiger partial charge in [-0.2, -0.15) is 0 Å². The molecule has 0 saturated carbocycles. The van der Waals surface area contributed by atoms with E-state index in [1.54, 1.807) is 13.2 Å². The predicted molar refractivity (Wildman–Crippen MR) is 85.8 cm³/mol. The second-order valence-corrected chi connectivity index (χ2v) is 6.17. The van der Waals surface area contributed by atoms with Gasteiger partial charge in [-0.25, -0.2) is 0 Å². The molecule has 2 atom stereocenters. The van der Waals surface area contributed by atoms with Gasteiger partial charge in [0, 0.05) is 32.1 Å². The van der Waals surface area contributed by atoms with Gasteiger partial charge in [0.25, 0.3) is 5.91 Å². The fourth-order valence-electron chi connectivity index (χ4n) is 3.23. The summed E-state index contributed by atoms with van der Waals surface area (Å²) in [7, 11) is 3.69. The van der Waals surface area contributed by atoms with Crippen LogP contribution in [0.4, 0.5) is 0 Å². The van der Waals surface area contributed by atoms with Crippen LogP contribution in [0.25, 0.3) is 0 Å². The molecule has 2 heterocycles. The number of likely N-dealkylation sites (tertiary alicyclic amines) is 1. The Morgan fingerprint density at radius 1 is 1.26 bits per heavy atom. The largest absolute Gasteiger partial charge is 0.493 e. The quantitative estimate of drug-likeness (QED) is 0.824. The van der Waals surface area contributed by atoms with E-state index in [1.807, 2.05) is 23.1 Å². The zero-order valence-corrected chi connectivity index (χ0v) is 13.7.